The normalized spacial score (nSPS) is 11.4. The molecule has 0 unspecified atom stereocenters. The van der Waals surface area contributed by atoms with Gasteiger partial charge in [0.05, 0.1) is 0 Å². The van der Waals surface area contributed by atoms with Gasteiger partial charge in [-0.05, 0) is 39.8 Å². The molecular weight excluding hydrogens is 242 g/mol. The smallest absolute Gasteiger partial charge is 0.110 e. The monoisotopic (exact) mass is 265 g/mol. The number of hydrogen-bond donors (Lipinski definition) is 1. The maximum atomic E-state index is 8.75. The first kappa shape index (κ1) is 15.2. The highest BCUT2D eigenvalue weighted by Crippen LogP contribution is 2.14. The van der Waals surface area contributed by atoms with Crippen molar-refractivity contribution in [3.05, 3.63) is 21.9 Å². The maximum absolute atomic E-state index is 8.75. The second-order valence-electron chi connectivity index (χ2n) is 4.98. The molecule has 4 heteroatoms. The first-order valence-corrected chi connectivity index (χ1v) is 7.31. The molecule has 0 aliphatic rings. The van der Waals surface area contributed by atoms with Gasteiger partial charge in [-0.15, -0.1) is 11.3 Å². The Morgan fingerprint density at radius 2 is 1.94 bits per heavy atom. The van der Waals surface area contributed by atoms with E-state index < -0.39 is 0 Å². The first-order valence-electron chi connectivity index (χ1n) is 6.50. The van der Waals surface area contributed by atoms with E-state index in [9.17, 15) is 0 Å². The third-order valence-corrected chi connectivity index (χ3v) is 3.93. The van der Waals surface area contributed by atoms with E-state index >= 15 is 0 Å². The Hall–Kier alpha value is -0.890. The maximum Gasteiger partial charge on any atom is 0.110 e. The quantitative estimate of drug-likeness (QED) is 0.771. The predicted octanol–water partition coefficient (Wildman–Crippen LogP) is 2.83. The summed E-state index contributed by atoms with van der Waals surface area (Å²) in [4.78, 5) is 4.49. The fourth-order valence-corrected chi connectivity index (χ4v) is 2.84. The molecule has 18 heavy (non-hydrogen) atoms. The van der Waals surface area contributed by atoms with Crippen LogP contribution in [0, 0.1) is 11.3 Å². The van der Waals surface area contributed by atoms with Gasteiger partial charge >= 0.3 is 0 Å². The van der Waals surface area contributed by atoms with Gasteiger partial charge in [0.1, 0.15) is 10.9 Å². The Morgan fingerprint density at radius 1 is 1.28 bits per heavy atom. The van der Waals surface area contributed by atoms with Crippen molar-refractivity contribution < 1.29 is 0 Å². The van der Waals surface area contributed by atoms with Crippen LogP contribution in [0.3, 0.4) is 0 Å². The van der Waals surface area contributed by atoms with Gasteiger partial charge in [0.2, 0.25) is 0 Å². The number of nitrogens with zero attached hydrogens (tertiary/aromatic N) is 2. The predicted molar refractivity (Wildman–Crippen MR) is 77.7 cm³/mol. The third kappa shape index (κ3) is 4.77. The van der Waals surface area contributed by atoms with Crippen molar-refractivity contribution in [3.8, 4) is 6.07 Å². The fourth-order valence-electron chi connectivity index (χ4n) is 2.07. The highest BCUT2D eigenvalue weighted by atomic mass is 32.1. The highest BCUT2D eigenvalue weighted by molar-refractivity contribution is 7.12. The molecular formula is C14H23N3S. The lowest BCUT2D eigenvalue weighted by Crippen LogP contribution is -2.41. The second-order valence-corrected chi connectivity index (χ2v) is 6.15. The molecule has 100 valence electrons. The van der Waals surface area contributed by atoms with E-state index in [0.29, 0.717) is 12.1 Å². The summed E-state index contributed by atoms with van der Waals surface area (Å²) in [5.74, 6) is 0. The molecule has 1 rings (SSSR count). The van der Waals surface area contributed by atoms with Crippen LogP contribution in [0.4, 0.5) is 0 Å². The zero-order valence-corrected chi connectivity index (χ0v) is 12.5. The van der Waals surface area contributed by atoms with Crippen molar-refractivity contribution in [2.75, 3.05) is 13.1 Å². The number of rotatable bonds is 7. The van der Waals surface area contributed by atoms with Gasteiger partial charge in [-0.3, -0.25) is 4.90 Å². The third-order valence-electron chi connectivity index (χ3n) is 2.94. The van der Waals surface area contributed by atoms with Crippen LogP contribution in [-0.2, 0) is 6.54 Å². The molecule has 0 fully saturated rings. The van der Waals surface area contributed by atoms with E-state index in [0.717, 1.165) is 24.5 Å². The van der Waals surface area contributed by atoms with Crippen molar-refractivity contribution in [3.63, 3.8) is 0 Å². The summed E-state index contributed by atoms with van der Waals surface area (Å²) in [6.45, 7) is 11.8. The van der Waals surface area contributed by atoms with Gasteiger partial charge in [0, 0.05) is 36.6 Å². The molecule has 3 nitrogen and oxygen atoms in total. The Bertz CT molecular complexity index is 382. The minimum atomic E-state index is 0.582. The average Bonchev–Trinajstić information content (AvgIpc) is 2.75. The van der Waals surface area contributed by atoms with Crippen LogP contribution in [0.1, 0.15) is 37.4 Å². The molecule has 0 amide bonds. The van der Waals surface area contributed by atoms with Crippen LogP contribution in [-0.4, -0.2) is 30.1 Å². The number of hydrogen-bond acceptors (Lipinski definition) is 4. The summed E-state index contributed by atoms with van der Waals surface area (Å²) in [7, 11) is 0. The lowest BCUT2D eigenvalue weighted by atomic mass is 10.2. The molecule has 1 heterocycles. The molecule has 0 saturated heterocycles. The summed E-state index contributed by atoms with van der Waals surface area (Å²) in [6.07, 6.45) is 0. The molecule has 0 spiro atoms. The lowest BCUT2D eigenvalue weighted by Gasteiger charge is -2.30. The standard InChI is InChI=1S/C14H23N3S/c1-11(2)17(12(3)4)8-7-16-10-14-6-5-13(9-15)18-14/h5-6,11-12,16H,7-8,10H2,1-4H3. The summed E-state index contributed by atoms with van der Waals surface area (Å²) in [6, 6.07) is 7.24. The molecule has 0 aromatic carbocycles. The SMILES string of the molecule is CC(C)N(CCNCc1ccc(C#N)s1)C(C)C. The van der Waals surface area contributed by atoms with Gasteiger partial charge in [-0.2, -0.15) is 5.26 Å². The Morgan fingerprint density at radius 3 is 2.44 bits per heavy atom. The van der Waals surface area contributed by atoms with E-state index in [-0.39, 0.29) is 0 Å². The summed E-state index contributed by atoms with van der Waals surface area (Å²) < 4.78 is 0. The van der Waals surface area contributed by atoms with Crippen molar-refractivity contribution in [2.24, 2.45) is 0 Å². The second kappa shape index (κ2) is 7.52. The van der Waals surface area contributed by atoms with Crippen LogP contribution in [0.5, 0.6) is 0 Å². The fraction of sp³-hybridized carbons (Fsp3) is 0.643. The highest BCUT2D eigenvalue weighted by Gasteiger charge is 2.12. The largest absolute Gasteiger partial charge is 0.311 e. The molecule has 0 bridgehead atoms. The zero-order valence-electron chi connectivity index (χ0n) is 11.7. The van der Waals surface area contributed by atoms with Crippen LogP contribution < -0.4 is 5.32 Å². The Labute approximate surface area is 114 Å². The first-order chi connectivity index (χ1) is 8.54. The summed E-state index contributed by atoms with van der Waals surface area (Å²) >= 11 is 1.57. The van der Waals surface area contributed by atoms with E-state index in [1.807, 2.05) is 12.1 Å². The van der Waals surface area contributed by atoms with Gasteiger partial charge in [-0.25, -0.2) is 0 Å². The molecule has 1 aromatic rings. The van der Waals surface area contributed by atoms with Crippen LogP contribution in [0.15, 0.2) is 12.1 Å². The van der Waals surface area contributed by atoms with Crippen molar-refractivity contribution in [1.82, 2.24) is 10.2 Å². The number of thiophene rings is 1. The van der Waals surface area contributed by atoms with Crippen LogP contribution in [0.2, 0.25) is 0 Å². The van der Waals surface area contributed by atoms with Crippen LogP contribution in [0.25, 0.3) is 0 Å². The van der Waals surface area contributed by atoms with Crippen molar-refractivity contribution in [2.45, 2.75) is 46.3 Å². The van der Waals surface area contributed by atoms with E-state index in [1.54, 1.807) is 11.3 Å². The zero-order chi connectivity index (χ0) is 13.5. The van der Waals surface area contributed by atoms with Crippen LogP contribution >= 0.6 is 11.3 Å². The summed E-state index contributed by atoms with van der Waals surface area (Å²) in [5.41, 5.74) is 0. The molecule has 0 radical (unpaired) electrons. The van der Waals surface area contributed by atoms with E-state index in [2.05, 4.69) is 44.0 Å². The molecule has 1 N–H and O–H groups in total. The number of nitrogens with one attached hydrogen (secondary N) is 1. The molecule has 1 aromatic heterocycles. The topological polar surface area (TPSA) is 39.1 Å². The summed E-state index contributed by atoms with van der Waals surface area (Å²) in [5, 5.41) is 12.2. The minimum Gasteiger partial charge on any atom is -0.311 e. The van der Waals surface area contributed by atoms with Gasteiger partial charge in [0.25, 0.3) is 0 Å². The molecule has 0 aliphatic carbocycles. The Kier molecular flexibility index (Phi) is 6.34. The average molecular weight is 265 g/mol. The van der Waals surface area contributed by atoms with Crippen molar-refractivity contribution >= 4 is 11.3 Å². The number of nitriles is 1. The van der Waals surface area contributed by atoms with Gasteiger partial charge in [-0.1, -0.05) is 0 Å². The molecule has 0 atom stereocenters. The van der Waals surface area contributed by atoms with E-state index in [1.165, 1.54) is 4.88 Å². The van der Waals surface area contributed by atoms with Crippen molar-refractivity contribution in [1.29, 1.82) is 5.26 Å². The van der Waals surface area contributed by atoms with E-state index in [4.69, 9.17) is 5.26 Å². The minimum absolute atomic E-state index is 0.582. The van der Waals surface area contributed by atoms with Gasteiger partial charge < -0.3 is 5.32 Å². The Balaban J connectivity index is 2.28. The van der Waals surface area contributed by atoms with Gasteiger partial charge in [0.15, 0.2) is 0 Å². The molecule has 0 saturated carbocycles. The lowest BCUT2D eigenvalue weighted by molar-refractivity contribution is 0.176. The molecule has 0 aliphatic heterocycles.